The SMILES string of the molecule is COc1ccccc1/C=C(/C(=O)NC1CCN(C(=O)NC2CCCCC2)CC1)c1ccccc1. The van der Waals surface area contributed by atoms with Crippen molar-refractivity contribution in [2.45, 2.75) is 57.0 Å². The van der Waals surface area contributed by atoms with E-state index >= 15 is 0 Å². The Morgan fingerprint density at radius 1 is 0.853 bits per heavy atom. The first-order chi connectivity index (χ1) is 16.6. The van der Waals surface area contributed by atoms with Gasteiger partial charge in [-0.15, -0.1) is 0 Å². The van der Waals surface area contributed by atoms with Crippen LogP contribution in [0.15, 0.2) is 54.6 Å². The van der Waals surface area contributed by atoms with Gasteiger partial charge in [-0.1, -0.05) is 67.8 Å². The van der Waals surface area contributed by atoms with Crippen molar-refractivity contribution in [3.63, 3.8) is 0 Å². The van der Waals surface area contributed by atoms with Crippen molar-refractivity contribution in [3.8, 4) is 5.75 Å². The molecule has 2 aromatic carbocycles. The summed E-state index contributed by atoms with van der Waals surface area (Å²) in [6.07, 6.45) is 9.22. The molecular weight excluding hydrogens is 426 g/mol. The van der Waals surface area contributed by atoms with Gasteiger partial charge in [-0.25, -0.2) is 4.79 Å². The summed E-state index contributed by atoms with van der Waals surface area (Å²) >= 11 is 0. The molecule has 2 aliphatic rings. The van der Waals surface area contributed by atoms with Crippen molar-refractivity contribution in [3.05, 3.63) is 65.7 Å². The first-order valence-electron chi connectivity index (χ1n) is 12.4. The Morgan fingerprint density at radius 3 is 2.21 bits per heavy atom. The molecule has 180 valence electrons. The Labute approximate surface area is 202 Å². The van der Waals surface area contributed by atoms with Crippen LogP contribution in [0.5, 0.6) is 5.75 Å². The highest BCUT2D eigenvalue weighted by atomic mass is 16.5. The molecule has 2 fully saturated rings. The lowest BCUT2D eigenvalue weighted by Gasteiger charge is -2.34. The van der Waals surface area contributed by atoms with Crippen molar-refractivity contribution in [1.29, 1.82) is 0 Å². The zero-order chi connectivity index (χ0) is 23.8. The molecule has 0 bridgehead atoms. The number of hydrogen-bond donors (Lipinski definition) is 2. The molecule has 6 nitrogen and oxygen atoms in total. The number of urea groups is 1. The summed E-state index contributed by atoms with van der Waals surface area (Å²) in [6.45, 7) is 1.31. The third-order valence-electron chi connectivity index (χ3n) is 6.82. The number of amides is 3. The number of ether oxygens (including phenoxy) is 1. The van der Waals surface area contributed by atoms with E-state index in [2.05, 4.69) is 10.6 Å². The van der Waals surface area contributed by atoms with E-state index in [4.69, 9.17) is 4.74 Å². The van der Waals surface area contributed by atoms with Crippen molar-refractivity contribution in [2.24, 2.45) is 0 Å². The Kier molecular flexibility index (Phi) is 8.23. The third-order valence-corrected chi connectivity index (χ3v) is 6.82. The summed E-state index contributed by atoms with van der Waals surface area (Å²) in [4.78, 5) is 27.9. The van der Waals surface area contributed by atoms with Gasteiger partial charge in [0.2, 0.25) is 0 Å². The lowest BCUT2D eigenvalue weighted by molar-refractivity contribution is -0.116. The van der Waals surface area contributed by atoms with Gasteiger partial charge in [-0.2, -0.15) is 0 Å². The van der Waals surface area contributed by atoms with Gasteiger partial charge in [0, 0.05) is 36.3 Å². The molecule has 0 aromatic heterocycles. The Balaban J connectivity index is 1.39. The molecule has 3 amide bonds. The number of hydrogen-bond acceptors (Lipinski definition) is 3. The quantitative estimate of drug-likeness (QED) is 0.477. The molecule has 0 unspecified atom stereocenters. The van der Waals surface area contributed by atoms with Crippen LogP contribution in [0, 0.1) is 0 Å². The second-order valence-electron chi connectivity index (χ2n) is 9.19. The number of nitrogens with zero attached hydrogens (tertiary/aromatic N) is 1. The molecule has 34 heavy (non-hydrogen) atoms. The molecule has 2 N–H and O–H groups in total. The number of benzene rings is 2. The second kappa shape index (κ2) is 11.7. The largest absolute Gasteiger partial charge is 0.496 e. The van der Waals surface area contributed by atoms with Gasteiger partial charge in [0.1, 0.15) is 5.75 Å². The fraction of sp³-hybridized carbons (Fsp3) is 0.429. The van der Waals surface area contributed by atoms with E-state index in [1.54, 1.807) is 7.11 Å². The van der Waals surface area contributed by atoms with Crippen LogP contribution in [0.25, 0.3) is 11.6 Å². The molecule has 4 rings (SSSR count). The van der Waals surface area contributed by atoms with E-state index in [1.165, 1.54) is 19.3 Å². The van der Waals surface area contributed by atoms with Crippen LogP contribution in [0.3, 0.4) is 0 Å². The Bertz CT molecular complexity index is 991. The summed E-state index contributed by atoms with van der Waals surface area (Å²) in [7, 11) is 1.63. The molecule has 0 radical (unpaired) electrons. The number of methoxy groups -OCH3 is 1. The first kappa shape index (κ1) is 23.9. The van der Waals surface area contributed by atoms with Gasteiger partial charge in [-0.05, 0) is 43.4 Å². The maximum atomic E-state index is 13.4. The molecule has 0 atom stereocenters. The van der Waals surface area contributed by atoms with Gasteiger partial charge in [0.05, 0.1) is 7.11 Å². The summed E-state index contributed by atoms with van der Waals surface area (Å²) in [6, 6.07) is 17.8. The van der Waals surface area contributed by atoms with E-state index in [9.17, 15) is 9.59 Å². The predicted molar refractivity (Wildman–Crippen MR) is 135 cm³/mol. The van der Waals surface area contributed by atoms with Gasteiger partial charge in [-0.3, -0.25) is 4.79 Å². The standard InChI is InChI=1S/C28H35N3O3/c1-34-26-15-9-8-12-22(26)20-25(21-10-4-2-5-11-21)27(32)29-24-16-18-31(19-17-24)28(33)30-23-13-6-3-7-14-23/h2,4-5,8-12,15,20,23-24H,3,6-7,13-14,16-19H2,1H3,(H,29,32)(H,30,33)/b25-20+. The van der Waals surface area contributed by atoms with E-state index in [-0.39, 0.29) is 18.0 Å². The van der Waals surface area contributed by atoms with Gasteiger partial charge in [0.25, 0.3) is 5.91 Å². The maximum absolute atomic E-state index is 13.4. The lowest BCUT2D eigenvalue weighted by atomic mass is 9.95. The molecule has 1 saturated carbocycles. The monoisotopic (exact) mass is 461 g/mol. The number of piperidine rings is 1. The van der Waals surface area contributed by atoms with Crippen LogP contribution in [0.4, 0.5) is 4.79 Å². The summed E-state index contributed by atoms with van der Waals surface area (Å²) in [5.74, 6) is 0.614. The number of para-hydroxylation sites is 1. The van der Waals surface area contributed by atoms with Gasteiger partial charge < -0.3 is 20.3 Å². The fourth-order valence-corrected chi connectivity index (χ4v) is 4.84. The van der Waals surface area contributed by atoms with E-state index in [1.807, 2.05) is 65.6 Å². The molecule has 6 heteroatoms. The van der Waals surface area contributed by atoms with Crippen molar-refractivity contribution in [2.75, 3.05) is 20.2 Å². The van der Waals surface area contributed by atoms with E-state index in [0.29, 0.717) is 24.7 Å². The molecule has 2 aromatic rings. The average Bonchev–Trinajstić information content (AvgIpc) is 2.89. The van der Waals surface area contributed by atoms with E-state index in [0.717, 1.165) is 42.6 Å². The highest BCUT2D eigenvalue weighted by Crippen LogP contribution is 2.25. The maximum Gasteiger partial charge on any atom is 0.317 e. The topological polar surface area (TPSA) is 70.7 Å². The van der Waals surface area contributed by atoms with Crippen molar-refractivity contribution in [1.82, 2.24) is 15.5 Å². The predicted octanol–water partition coefficient (Wildman–Crippen LogP) is 4.86. The third kappa shape index (κ3) is 6.19. The van der Waals surface area contributed by atoms with Crippen LogP contribution in [-0.4, -0.2) is 49.1 Å². The zero-order valence-electron chi connectivity index (χ0n) is 20.0. The number of nitrogens with one attached hydrogen (secondary N) is 2. The fourth-order valence-electron chi connectivity index (χ4n) is 4.84. The number of carbonyl (C=O) groups is 2. The first-order valence-corrected chi connectivity index (χ1v) is 12.4. The number of likely N-dealkylation sites (tertiary alicyclic amines) is 1. The molecule has 1 aliphatic heterocycles. The Morgan fingerprint density at radius 2 is 1.50 bits per heavy atom. The van der Waals surface area contributed by atoms with Crippen LogP contribution in [0.1, 0.15) is 56.1 Å². The van der Waals surface area contributed by atoms with Crippen LogP contribution in [-0.2, 0) is 4.79 Å². The number of carbonyl (C=O) groups excluding carboxylic acids is 2. The molecular formula is C28H35N3O3. The smallest absolute Gasteiger partial charge is 0.317 e. The molecule has 1 aliphatic carbocycles. The van der Waals surface area contributed by atoms with Crippen LogP contribution in [0.2, 0.25) is 0 Å². The van der Waals surface area contributed by atoms with Gasteiger partial charge >= 0.3 is 6.03 Å². The van der Waals surface area contributed by atoms with E-state index < -0.39 is 0 Å². The second-order valence-corrected chi connectivity index (χ2v) is 9.19. The van der Waals surface area contributed by atoms with Crippen LogP contribution < -0.4 is 15.4 Å². The lowest BCUT2D eigenvalue weighted by Crippen LogP contribution is -2.51. The average molecular weight is 462 g/mol. The minimum absolute atomic E-state index is 0.0380. The van der Waals surface area contributed by atoms with Crippen molar-refractivity contribution < 1.29 is 14.3 Å². The summed E-state index contributed by atoms with van der Waals surface area (Å²) in [5.41, 5.74) is 2.31. The number of rotatable bonds is 6. The summed E-state index contributed by atoms with van der Waals surface area (Å²) < 4.78 is 5.48. The molecule has 0 spiro atoms. The molecule has 1 heterocycles. The molecule has 1 saturated heterocycles. The van der Waals surface area contributed by atoms with Crippen molar-refractivity contribution >= 4 is 23.6 Å². The normalized spacial score (nSPS) is 17.8. The Hall–Kier alpha value is -3.28. The summed E-state index contributed by atoms with van der Waals surface area (Å²) in [5, 5.41) is 6.41. The zero-order valence-corrected chi connectivity index (χ0v) is 20.0. The highest BCUT2D eigenvalue weighted by molar-refractivity contribution is 6.24. The minimum atomic E-state index is -0.109. The minimum Gasteiger partial charge on any atom is -0.496 e. The van der Waals surface area contributed by atoms with Gasteiger partial charge in [0.15, 0.2) is 0 Å². The van der Waals surface area contributed by atoms with Crippen LogP contribution >= 0.6 is 0 Å². The highest BCUT2D eigenvalue weighted by Gasteiger charge is 2.26.